The maximum Gasteiger partial charge on any atom is 0.335 e. The Morgan fingerprint density at radius 2 is 1.54 bits per heavy atom. The van der Waals surface area contributed by atoms with Crippen molar-refractivity contribution >= 4 is 17.3 Å². The number of hydrogen-bond donors (Lipinski definition) is 1. The molecule has 0 amide bonds. The molecule has 1 N–H and O–H groups in total. The number of hydrogen-bond acceptors (Lipinski definition) is 2. The topological polar surface area (TPSA) is 40.5 Å². The average Bonchev–Trinajstić information content (AvgIpc) is 2.64. The van der Waals surface area contributed by atoms with Gasteiger partial charge in [0.1, 0.15) is 0 Å². The van der Waals surface area contributed by atoms with E-state index in [0.717, 1.165) is 18.7 Å². The van der Waals surface area contributed by atoms with Gasteiger partial charge in [-0.2, -0.15) is 0 Å². The number of fused-ring (bicyclic) bond motifs is 1. The molecule has 28 heavy (non-hydrogen) atoms. The highest BCUT2D eigenvalue weighted by Gasteiger charge is 2.37. The summed E-state index contributed by atoms with van der Waals surface area (Å²) in [5.41, 5.74) is 7.17. The molecular formula is C25H33NO2. The molecule has 0 radical (unpaired) electrons. The first-order valence-corrected chi connectivity index (χ1v) is 10.3. The lowest BCUT2D eigenvalue weighted by Crippen LogP contribution is -2.34. The van der Waals surface area contributed by atoms with Crippen LogP contribution in [0, 0.1) is 6.92 Å². The van der Waals surface area contributed by atoms with Crippen molar-refractivity contribution in [3.05, 3.63) is 58.7 Å². The van der Waals surface area contributed by atoms with Gasteiger partial charge in [0, 0.05) is 17.9 Å². The number of benzene rings is 2. The minimum atomic E-state index is -0.887. The van der Waals surface area contributed by atoms with Gasteiger partial charge in [-0.25, -0.2) is 4.79 Å². The van der Waals surface area contributed by atoms with Gasteiger partial charge in [-0.05, 0) is 84.0 Å². The van der Waals surface area contributed by atoms with Gasteiger partial charge >= 0.3 is 5.97 Å². The smallest absolute Gasteiger partial charge is 0.335 e. The van der Waals surface area contributed by atoms with Crippen LogP contribution >= 0.6 is 0 Å². The fraction of sp³-hybridized carbons (Fsp3) is 0.480. The van der Waals surface area contributed by atoms with Crippen LogP contribution in [-0.2, 0) is 10.8 Å². The fourth-order valence-corrected chi connectivity index (χ4v) is 4.40. The van der Waals surface area contributed by atoms with Gasteiger partial charge in [0.25, 0.3) is 0 Å². The van der Waals surface area contributed by atoms with E-state index in [1.165, 1.54) is 35.2 Å². The van der Waals surface area contributed by atoms with E-state index in [0.29, 0.717) is 5.56 Å². The number of aromatic carboxylic acids is 1. The third-order valence-electron chi connectivity index (χ3n) is 6.33. The fourth-order valence-electron chi connectivity index (χ4n) is 4.40. The summed E-state index contributed by atoms with van der Waals surface area (Å²) >= 11 is 0. The number of carboxylic acids is 1. The Morgan fingerprint density at radius 3 is 2.04 bits per heavy atom. The largest absolute Gasteiger partial charge is 0.478 e. The molecule has 1 aliphatic carbocycles. The van der Waals surface area contributed by atoms with Crippen molar-refractivity contribution < 1.29 is 9.90 Å². The number of anilines is 2. The third-order valence-corrected chi connectivity index (χ3v) is 6.33. The first-order valence-electron chi connectivity index (χ1n) is 10.3. The van der Waals surface area contributed by atoms with E-state index in [1.807, 2.05) is 12.1 Å². The molecule has 0 unspecified atom stereocenters. The van der Waals surface area contributed by atoms with Crippen LogP contribution in [0.3, 0.4) is 0 Å². The predicted octanol–water partition coefficient (Wildman–Crippen LogP) is 6.59. The second kappa shape index (κ2) is 7.27. The van der Waals surface area contributed by atoms with E-state index in [-0.39, 0.29) is 10.8 Å². The summed E-state index contributed by atoms with van der Waals surface area (Å²) < 4.78 is 0. The molecule has 2 aromatic carbocycles. The molecule has 0 bridgehead atoms. The van der Waals surface area contributed by atoms with E-state index < -0.39 is 5.97 Å². The second-order valence-electron chi connectivity index (χ2n) is 9.46. The Hall–Kier alpha value is -2.29. The van der Waals surface area contributed by atoms with Gasteiger partial charge in [0.15, 0.2) is 0 Å². The molecule has 0 saturated carbocycles. The summed E-state index contributed by atoms with van der Waals surface area (Å²) in [7, 11) is 0. The van der Waals surface area contributed by atoms with Crippen molar-refractivity contribution in [2.24, 2.45) is 0 Å². The minimum absolute atomic E-state index is 0.165. The molecule has 3 rings (SSSR count). The van der Waals surface area contributed by atoms with Gasteiger partial charge in [-0.3, -0.25) is 0 Å². The van der Waals surface area contributed by atoms with Crippen molar-refractivity contribution in [1.29, 1.82) is 0 Å². The van der Waals surface area contributed by atoms with Crippen LogP contribution in [0.5, 0.6) is 0 Å². The quantitative estimate of drug-likeness (QED) is 0.637. The molecule has 0 heterocycles. The first kappa shape index (κ1) is 20.4. The van der Waals surface area contributed by atoms with Crippen LogP contribution in [0.15, 0.2) is 36.4 Å². The van der Waals surface area contributed by atoms with Crippen molar-refractivity contribution in [2.45, 2.75) is 71.6 Å². The SMILES string of the molecule is CCCN(c1ccc(C(=O)O)cc1)c1cc2c(cc1C)C(C)(C)CCC2(C)C. The highest BCUT2D eigenvalue weighted by Crippen LogP contribution is 2.48. The van der Waals surface area contributed by atoms with Crippen LogP contribution in [0.4, 0.5) is 11.4 Å². The molecule has 150 valence electrons. The molecular weight excluding hydrogens is 346 g/mol. The summed E-state index contributed by atoms with van der Waals surface area (Å²) in [5, 5.41) is 9.20. The van der Waals surface area contributed by atoms with Crippen molar-refractivity contribution in [2.75, 3.05) is 11.4 Å². The molecule has 0 spiro atoms. The van der Waals surface area contributed by atoms with Gasteiger partial charge in [-0.1, -0.05) is 40.7 Å². The van der Waals surface area contributed by atoms with Crippen LogP contribution in [-0.4, -0.2) is 17.6 Å². The number of carbonyl (C=O) groups is 1. The maximum atomic E-state index is 11.2. The summed E-state index contributed by atoms with van der Waals surface area (Å²) in [6.45, 7) is 14.7. The number of aryl methyl sites for hydroxylation is 1. The Balaban J connectivity index is 2.13. The van der Waals surface area contributed by atoms with Gasteiger partial charge < -0.3 is 10.0 Å². The number of rotatable bonds is 5. The average molecular weight is 380 g/mol. The molecule has 3 heteroatoms. The second-order valence-corrected chi connectivity index (χ2v) is 9.46. The van der Waals surface area contributed by atoms with Crippen molar-refractivity contribution in [3.8, 4) is 0 Å². The zero-order chi connectivity index (χ0) is 20.7. The van der Waals surface area contributed by atoms with Gasteiger partial charge in [0.2, 0.25) is 0 Å². The molecule has 0 aliphatic heterocycles. The first-order chi connectivity index (χ1) is 13.1. The molecule has 2 aromatic rings. The lowest BCUT2D eigenvalue weighted by Gasteiger charge is -2.43. The summed E-state index contributed by atoms with van der Waals surface area (Å²) in [6, 6.07) is 12.0. The summed E-state index contributed by atoms with van der Waals surface area (Å²) in [4.78, 5) is 13.5. The number of carboxylic acid groups (broad SMARTS) is 1. The molecule has 0 saturated heterocycles. The van der Waals surface area contributed by atoms with Gasteiger partial charge in [0.05, 0.1) is 5.56 Å². The zero-order valence-electron chi connectivity index (χ0n) is 18.1. The Bertz CT molecular complexity index is 878. The van der Waals surface area contributed by atoms with Crippen LogP contribution in [0.25, 0.3) is 0 Å². The van der Waals surface area contributed by atoms with Crippen molar-refractivity contribution in [3.63, 3.8) is 0 Å². The zero-order valence-corrected chi connectivity index (χ0v) is 18.1. The van der Waals surface area contributed by atoms with Crippen LogP contribution in [0.2, 0.25) is 0 Å². The molecule has 0 fully saturated rings. The standard InChI is InChI=1S/C25H33NO2/c1-7-14-26(19-10-8-18(9-11-19)23(27)28)22-16-21-20(15-17(22)2)24(3,4)12-13-25(21,5)6/h8-11,15-16H,7,12-14H2,1-6H3,(H,27,28). The highest BCUT2D eigenvalue weighted by atomic mass is 16.4. The van der Waals surface area contributed by atoms with Crippen LogP contribution in [0.1, 0.15) is 80.9 Å². The van der Waals surface area contributed by atoms with Crippen molar-refractivity contribution in [1.82, 2.24) is 0 Å². The Morgan fingerprint density at radius 1 is 1.00 bits per heavy atom. The highest BCUT2D eigenvalue weighted by molar-refractivity contribution is 5.88. The summed E-state index contributed by atoms with van der Waals surface area (Å²) in [5.74, 6) is -0.887. The molecule has 0 atom stereocenters. The molecule has 3 nitrogen and oxygen atoms in total. The summed E-state index contributed by atoms with van der Waals surface area (Å²) in [6.07, 6.45) is 3.42. The molecule has 1 aliphatic rings. The normalized spacial score (nSPS) is 17.1. The Kier molecular flexibility index (Phi) is 5.31. The monoisotopic (exact) mass is 379 g/mol. The molecule has 0 aromatic heterocycles. The minimum Gasteiger partial charge on any atom is -0.478 e. The van der Waals surface area contributed by atoms with E-state index >= 15 is 0 Å². The predicted molar refractivity (Wildman–Crippen MR) is 117 cm³/mol. The van der Waals surface area contributed by atoms with Crippen LogP contribution < -0.4 is 4.90 Å². The van der Waals surface area contributed by atoms with E-state index in [1.54, 1.807) is 12.1 Å². The van der Waals surface area contributed by atoms with Gasteiger partial charge in [-0.15, -0.1) is 0 Å². The Labute approximate surface area is 169 Å². The maximum absolute atomic E-state index is 11.2. The number of nitrogens with zero attached hydrogens (tertiary/aromatic N) is 1. The van der Waals surface area contributed by atoms with E-state index in [2.05, 4.69) is 58.6 Å². The lowest BCUT2D eigenvalue weighted by atomic mass is 9.63. The lowest BCUT2D eigenvalue weighted by molar-refractivity contribution is 0.0697. The van der Waals surface area contributed by atoms with E-state index in [9.17, 15) is 9.90 Å². The third kappa shape index (κ3) is 3.67. The van der Waals surface area contributed by atoms with E-state index in [4.69, 9.17) is 0 Å².